The average molecular weight is 382 g/mol. The SMILES string of the molecule is COc1ccc(C)cc1N1CC(C(=O)Nc2ccc(OC(C)C)cc2)CC1=O. The highest BCUT2D eigenvalue weighted by molar-refractivity contribution is 6.04. The number of benzene rings is 2. The monoisotopic (exact) mass is 382 g/mol. The lowest BCUT2D eigenvalue weighted by molar-refractivity contribution is -0.122. The maximum atomic E-state index is 12.7. The first kappa shape index (κ1) is 19.7. The van der Waals surface area contributed by atoms with Gasteiger partial charge in [0.15, 0.2) is 0 Å². The summed E-state index contributed by atoms with van der Waals surface area (Å²) in [5.74, 6) is 0.719. The third-order valence-corrected chi connectivity index (χ3v) is 4.61. The number of anilines is 2. The Kier molecular flexibility index (Phi) is 5.87. The van der Waals surface area contributed by atoms with E-state index in [9.17, 15) is 9.59 Å². The molecule has 1 aliphatic rings. The second kappa shape index (κ2) is 8.33. The molecule has 0 bridgehead atoms. The quantitative estimate of drug-likeness (QED) is 0.826. The van der Waals surface area contributed by atoms with Gasteiger partial charge in [0.2, 0.25) is 11.8 Å². The van der Waals surface area contributed by atoms with Crippen LogP contribution >= 0.6 is 0 Å². The lowest BCUT2D eigenvalue weighted by Gasteiger charge is -2.20. The number of nitrogens with one attached hydrogen (secondary N) is 1. The summed E-state index contributed by atoms with van der Waals surface area (Å²) in [7, 11) is 1.57. The lowest BCUT2D eigenvalue weighted by atomic mass is 10.1. The standard InChI is InChI=1S/C22H26N2O4/c1-14(2)28-18-8-6-17(7-9-18)23-22(26)16-12-21(25)24(13-16)19-11-15(3)5-10-20(19)27-4/h5-11,14,16H,12-13H2,1-4H3,(H,23,26). The van der Waals surface area contributed by atoms with Gasteiger partial charge in [-0.1, -0.05) is 6.07 Å². The minimum absolute atomic E-state index is 0.0790. The molecule has 148 valence electrons. The smallest absolute Gasteiger partial charge is 0.229 e. The molecule has 0 spiro atoms. The van der Waals surface area contributed by atoms with E-state index in [1.54, 1.807) is 24.1 Å². The van der Waals surface area contributed by atoms with Crippen molar-refractivity contribution < 1.29 is 19.1 Å². The van der Waals surface area contributed by atoms with Gasteiger partial charge in [0.1, 0.15) is 11.5 Å². The van der Waals surface area contributed by atoms with Crippen LogP contribution in [-0.4, -0.2) is 31.6 Å². The summed E-state index contributed by atoms with van der Waals surface area (Å²) in [6, 6.07) is 12.9. The fraction of sp³-hybridized carbons (Fsp3) is 0.364. The van der Waals surface area contributed by atoms with Gasteiger partial charge in [-0.3, -0.25) is 9.59 Å². The van der Waals surface area contributed by atoms with Crippen molar-refractivity contribution in [1.29, 1.82) is 0 Å². The Morgan fingerprint density at radius 3 is 2.54 bits per heavy atom. The molecule has 1 fully saturated rings. The van der Waals surface area contributed by atoms with Crippen LogP contribution in [0.4, 0.5) is 11.4 Å². The van der Waals surface area contributed by atoms with Gasteiger partial charge in [-0.05, 0) is 62.7 Å². The molecule has 1 aliphatic heterocycles. The first-order valence-electron chi connectivity index (χ1n) is 9.40. The number of amides is 2. The minimum atomic E-state index is -0.413. The Morgan fingerprint density at radius 2 is 1.89 bits per heavy atom. The molecule has 1 atom stereocenters. The number of hydrogen-bond donors (Lipinski definition) is 1. The number of carbonyl (C=O) groups excluding carboxylic acids is 2. The highest BCUT2D eigenvalue weighted by Crippen LogP contribution is 2.34. The fourth-order valence-electron chi connectivity index (χ4n) is 3.26. The minimum Gasteiger partial charge on any atom is -0.495 e. The number of rotatable bonds is 6. The first-order chi connectivity index (χ1) is 13.4. The molecule has 6 nitrogen and oxygen atoms in total. The first-order valence-corrected chi connectivity index (χ1v) is 9.40. The van der Waals surface area contributed by atoms with E-state index in [2.05, 4.69) is 5.32 Å². The predicted octanol–water partition coefficient (Wildman–Crippen LogP) is 3.78. The van der Waals surface area contributed by atoms with Crippen LogP contribution in [0.25, 0.3) is 0 Å². The Morgan fingerprint density at radius 1 is 1.18 bits per heavy atom. The lowest BCUT2D eigenvalue weighted by Crippen LogP contribution is -2.28. The van der Waals surface area contributed by atoms with Crippen molar-refractivity contribution >= 4 is 23.2 Å². The molecular weight excluding hydrogens is 356 g/mol. The van der Waals surface area contributed by atoms with Crippen molar-refractivity contribution in [2.24, 2.45) is 5.92 Å². The van der Waals surface area contributed by atoms with Crippen LogP contribution in [0.15, 0.2) is 42.5 Å². The summed E-state index contributed by atoms with van der Waals surface area (Å²) in [5.41, 5.74) is 2.42. The molecule has 6 heteroatoms. The molecule has 28 heavy (non-hydrogen) atoms. The summed E-state index contributed by atoms with van der Waals surface area (Å²) in [4.78, 5) is 26.8. The highest BCUT2D eigenvalue weighted by Gasteiger charge is 2.36. The predicted molar refractivity (Wildman–Crippen MR) is 109 cm³/mol. The molecule has 1 unspecified atom stereocenters. The topological polar surface area (TPSA) is 67.9 Å². The largest absolute Gasteiger partial charge is 0.495 e. The van der Waals surface area contributed by atoms with E-state index in [4.69, 9.17) is 9.47 Å². The second-order valence-corrected chi connectivity index (χ2v) is 7.26. The van der Waals surface area contributed by atoms with Crippen molar-refractivity contribution in [2.75, 3.05) is 23.9 Å². The molecule has 0 saturated carbocycles. The molecule has 0 aromatic heterocycles. The fourth-order valence-corrected chi connectivity index (χ4v) is 3.26. The van der Waals surface area contributed by atoms with Crippen LogP contribution in [0.2, 0.25) is 0 Å². The molecule has 1 saturated heterocycles. The van der Waals surface area contributed by atoms with Gasteiger partial charge in [-0.15, -0.1) is 0 Å². The van der Waals surface area contributed by atoms with Gasteiger partial charge in [-0.25, -0.2) is 0 Å². The number of ether oxygens (including phenoxy) is 2. The van der Waals surface area contributed by atoms with Crippen LogP contribution < -0.4 is 19.7 Å². The third kappa shape index (κ3) is 4.44. The summed E-state index contributed by atoms with van der Waals surface area (Å²) < 4.78 is 11.0. The van der Waals surface area contributed by atoms with Crippen LogP contribution in [0, 0.1) is 12.8 Å². The van der Waals surface area contributed by atoms with E-state index < -0.39 is 5.92 Å². The van der Waals surface area contributed by atoms with Crippen LogP contribution in [-0.2, 0) is 9.59 Å². The number of hydrogen-bond acceptors (Lipinski definition) is 4. The van der Waals surface area contributed by atoms with Crippen molar-refractivity contribution in [1.82, 2.24) is 0 Å². The third-order valence-electron chi connectivity index (χ3n) is 4.61. The Bertz CT molecular complexity index is 861. The Balaban J connectivity index is 1.68. The number of nitrogens with zero attached hydrogens (tertiary/aromatic N) is 1. The summed E-state index contributed by atoms with van der Waals surface area (Å²) >= 11 is 0. The van der Waals surface area contributed by atoms with Gasteiger partial charge in [0.05, 0.1) is 24.8 Å². The maximum absolute atomic E-state index is 12.7. The molecule has 3 rings (SSSR count). The number of carbonyl (C=O) groups is 2. The molecule has 2 aromatic carbocycles. The van der Waals surface area contributed by atoms with E-state index in [0.717, 1.165) is 11.3 Å². The second-order valence-electron chi connectivity index (χ2n) is 7.26. The van der Waals surface area contributed by atoms with Gasteiger partial charge in [-0.2, -0.15) is 0 Å². The molecule has 1 heterocycles. The van der Waals surface area contributed by atoms with Gasteiger partial charge in [0, 0.05) is 18.7 Å². The van der Waals surface area contributed by atoms with E-state index in [0.29, 0.717) is 23.7 Å². The van der Waals surface area contributed by atoms with Crippen molar-refractivity contribution in [3.05, 3.63) is 48.0 Å². The average Bonchev–Trinajstić information content (AvgIpc) is 3.04. The van der Waals surface area contributed by atoms with Crippen LogP contribution in [0.5, 0.6) is 11.5 Å². The highest BCUT2D eigenvalue weighted by atomic mass is 16.5. The summed E-state index contributed by atoms with van der Waals surface area (Å²) in [5, 5.41) is 2.89. The van der Waals surface area contributed by atoms with Crippen LogP contribution in [0.1, 0.15) is 25.8 Å². The molecule has 0 radical (unpaired) electrons. The van der Waals surface area contributed by atoms with Gasteiger partial charge >= 0.3 is 0 Å². The molecule has 2 amide bonds. The Labute approximate surface area is 165 Å². The van der Waals surface area contributed by atoms with Crippen molar-refractivity contribution in [3.8, 4) is 11.5 Å². The zero-order valence-electron chi connectivity index (χ0n) is 16.7. The molecular formula is C22H26N2O4. The number of aryl methyl sites for hydroxylation is 1. The molecule has 2 aromatic rings. The Hall–Kier alpha value is -3.02. The summed E-state index contributed by atoms with van der Waals surface area (Å²) in [6.45, 7) is 6.21. The summed E-state index contributed by atoms with van der Waals surface area (Å²) in [6.07, 6.45) is 0.270. The van der Waals surface area contributed by atoms with Crippen molar-refractivity contribution in [3.63, 3.8) is 0 Å². The molecule has 0 aliphatic carbocycles. The maximum Gasteiger partial charge on any atom is 0.229 e. The van der Waals surface area contributed by atoms with Crippen molar-refractivity contribution in [2.45, 2.75) is 33.3 Å². The van der Waals surface area contributed by atoms with Gasteiger partial charge < -0.3 is 19.7 Å². The number of methoxy groups -OCH3 is 1. The zero-order valence-corrected chi connectivity index (χ0v) is 16.7. The van der Waals surface area contributed by atoms with E-state index >= 15 is 0 Å². The van der Waals surface area contributed by atoms with Crippen LogP contribution in [0.3, 0.4) is 0 Å². The normalized spacial score (nSPS) is 16.4. The van der Waals surface area contributed by atoms with Gasteiger partial charge in [0.25, 0.3) is 0 Å². The van der Waals surface area contributed by atoms with E-state index in [-0.39, 0.29) is 24.3 Å². The molecule has 1 N–H and O–H groups in total. The van der Waals surface area contributed by atoms with E-state index in [1.807, 2.05) is 51.1 Å². The van der Waals surface area contributed by atoms with E-state index in [1.165, 1.54) is 0 Å². The zero-order chi connectivity index (χ0) is 20.3.